The lowest BCUT2D eigenvalue weighted by Crippen LogP contribution is -2.47. The predicted molar refractivity (Wildman–Crippen MR) is 97.1 cm³/mol. The maximum Gasteiger partial charge on any atom is 0.245 e. The zero-order valence-electron chi connectivity index (χ0n) is 15.0. The fourth-order valence-electron chi connectivity index (χ4n) is 4.78. The Hall–Kier alpha value is -1.84. The van der Waals surface area contributed by atoms with Gasteiger partial charge in [-0.15, -0.1) is 0 Å². The normalized spacial score (nSPS) is 25.9. The Kier molecular flexibility index (Phi) is 4.78. The minimum Gasteiger partial charge on any atom is -0.341 e. The van der Waals surface area contributed by atoms with Crippen molar-refractivity contribution in [2.45, 2.75) is 57.4 Å². The van der Waals surface area contributed by atoms with Gasteiger partial charge < -0.3 is 9.80 Å². The van der Waals surface area contributed by atoms with Gasteiger partial charge in [0.25, 0.3) is 0 Å². The summed E-state index contributed by atoms with van der Waals surface area (Å²) in [5.41, 5.74) is 2.84. The molecule has 2 amide bonds. The topological polar surface area (TPSA) is 40.6 Å². The van der Waals surface area contributed by atoms with E-state index >= 15 is 0 Å². The summed E-state index contributed by atoms with van der Waals surface area (Å²) < 4.78 is 0. The van der Waals surface area contributed by atoms with E-state index in [1.54, 1.807) is 0 Å². The first-order chi connectivity index (χ1) is 12.2. The maximum absolute atomic E-state index is 12.9. The van der Waals surface area contributed by atoms with Crippen LogP contribution >= 0.6 is 0 Å². The van der Waals surface area contributed by atoms with Crippen LogP contribution in [0.15, 0.2) is 24.3 Å². The lowest BCUT2D eigenvalue weighted by atomic mass is 9.82. The minimum absolute atomic E-state index is 0.192. The number of hydrogen-bond acceptors (Lipinski definition) is 2. The molecule has 134 valence electrons. The fraction of sp³-hybridized carbons (Fsp3) is 0.619. The average Bonchev–Trinajstić information content (AvgIpc) is 3.33. The monoisotopic (exact) mass is 340 g/mol. The summed E-state index contributed by atoms with van der Waals surface area (Å²) in [6.07, 6.45) is 7.77. The molecular formula is C21H28N2O2. The van der Waals surface area contributed by atoms with E-state index in [1.165, 1.54) is 11.1 Å². The van der Waals surface area contributed by atoms with Gasteiger partial charge in [0.05, 0.1) is 0 Å². The Morgan fingerprint density at radius 3 is 2.52 bits per heavy atom. The van der Waals surface area contributed by atoms with Crippen LogP contribution in [0.25, 0.3) is 0 Å². The van der Waals surface area contributed by atoms with E-state index in [1.807, 2.05) is 9.80 Å². The van der Waals surface area contributed by atoms with Crippen LogP contribution in [0.1, 0.15) is 49.7 Å². The van der Waals surface area contributed by atoms with Crippen molar-refractivity contribution in [1.82, 2.24) is 9.80 Å². The fourth-order valence-corrected chi connectivity index (χ4v) is 4.78. The minimum atomic E-state index is -0.193. The van der Waals surface area contributed by atoms with Crippen LogP contribution in [0.3, 0.4) is 0 Å². The van der Waals surface area contributed by atoms with E-state index in [9.17, 15) is 9.59 Å². The van der Waals surface area contributed by atoms with E-state index in [4.69, 9.17) is 0 Å². The molecule has 1 unspecified atom stereocenters. The molecule has 2 heterocycles. The predicted octanol–water partition coefficient (Wildman–Crippen LogP) is 2.80. The Labute approximate surface area is 150 Å². The number of hydrogen-bond donors (Lipinski definition) is 0. The van der Waals surface area contributed by atoms with Crippen LogP contribution in [0.4, 0.5) is 0 Å². The summed E-state index contributed by atoms with van der Waals surface area (Å²) in [6, 6.07) is 8.40. The number of benzene rings is 1. The number of fused-ring (bicyclic) bond motifs is 1. The largest absolute Gasteiger partial charge is 0.341 e. The highest BCUT2D eigenvalue weighted by atomic mass is 16.2. The van der Waals surface area contributed by atoms with Crippen molar-refractivity contribution in [3.05, 3.63) is 35.4 Å². The van der Waals surface area contributed by atoms with Gasteiger partial charge in [0, 0.05) is 26.1 Å². The lowest BCUT2D eigenvalue weighted by Gasteiger charge is -2.30. The van der Waals surface area contributed by atoms with Crippen molar-refractivity contribution in [2.75, 3.05) is 19.6 Å². The summed E-state index contributed by atoms with van der Waals surface area (Å²) in [4.78, 5) is 29.5. The van der Waals surface area contributed by atoms with E-state index in [0.717, 1.165) is 64.6 Å². The molecule has 2 aliphatic heterocycles. The van der Waals surface area contributed by atoms with Gasteiger partial charge in [-0.2, -0.15) is 0 Å². The number of rotatable bonds is 3. The third-order valence-electron chi connectivity index (χ3n) is 6.19. The number of aryl methyl sites for hydroxylation is 1. The molecule has 0 radical (unpaired) electrons. The SMILES string of the molecule is O=C([C@H]1CCCN1C(=O)CC1CCc2ccccc2C1)N1CCCC1. The van der Waals surface area contributed by atoms with Crippen molar-refractivity contribution in [3.63, 3.8) is 0 Å². The smallest absolute Gasteiger partial charge is 0.245 e. The van der Waals surface area contributed by atoms with Gasteiger partial charge in [-0.05, 0) is 62.0 Å². The first kappa shape index (κ1) is 16.6. The highest BCUT2D eigenvalue weighted by molar-refractivity contribution is 5.88. The molecule has 1 aliphatic carbocycles. The summed E-state index contributed by atoms with van der Waals surface area (Å²) in [5.74, 6) is 0.808. The Morgan fingerprint density at radius 1 is 0.960 bits per heavy atom. The molecule has 1 aromatic carbocycles. The van der Waals surface area contributed by atoms with Crippen LogP contribution < -0.4 is 0 Å². The van der Waals surface area contributed by atoms with E-state index < -0.39 is 0 Å². The van der Waals surface area contributed by atoms with E-state index in [0.29, 0.717) is 12.3 Å². The summed E-state index contributed by atoms with van der Waals surface area (Å²) in [6.45, 7) is 2.50. The first-order valence-electron chi connectivity index (χ1n) is 9.87. The summed E-state index contributed by atoms with van der Waals surface area (Å²) in [7, 11) is 0. The molecule has 0 N–H and O–H groups in total. The number of nitrogens with zero attached hydrogens (tertiary/aromatic N) is 2. The maximum atomic E-state index is 12.9. The van der Waals surface area contributed by atoms with Crippen molar-refractivity contribution >= 4 is 11.8 Å². The van der Waals surface area contributed by atoms with Gasteiger partial charge in [0.2, 0.25) is 11.8 Å². The molecule has 0 saturated carbocycles. The third kappa shape index (κ3) is 3.44. The van der Waals surface area contributed by atoms with Gasteiger partial charge in [0.1, 0.15) is 6.04 Å². The average molecular weight is 340 g/mol. The van der Waals surface area contributed by atoms with Crippen molar-refractivity contribution in [1.29, 1.82) is 0 Å². The van der Waals surface area contributed by atoms with Gasteiger partial charge >= 0.3 is 0 Å². The summed E-state index contributed by atoms with van der Waals surface area (Å²) >= 11 is 0. The molecular weight excluding hydrogens is 312 g/mol. The number of amides is 2. The molecule has 3 aliphatic rings. The van der Waals surface area contributed by atoms with E-state index in [-0.39, 0.29) is 17.9 Å². The van der Waals surface area contributed by atoms with Gasteiger partial charge in [-0.25, -0.2) is 0 Å². The molecule has 2 atom stereocenters. The van der Waals surface area contributed by atoms with Crippen LogP contribution in [-0.2, 0) is 22.4 Å². The quantitative estimate of drug-likeness (QED) is 0.849. The lowest BCUT2D eigenvalue weighted by molar-refractivity contribution is -0.143. The molecule has 4 heteroatoms. The van der Waals surface area contributed by atoms with Crippen molar-refractivity contribution < 1.29 is 9.59 Å². The van der Waals surface area contributed by atoms with Crippen LogP contribution in [-0.4, -0.2) is 47.3 Å². The van der Waals surface area contributed by atoms with Crippen LogP contribution in [0, 0.1) is 5.92 Å². The standard InChI is InChI=1S/C21H28N2O2/c24-20(15-16-9-10-17-6-1-2-7-18(17)14-16)23-13-5-8-19(23)21(25)22-11-3-4-12-22/h1-2,6-7,16,19H,3-5,8-15H2/t16?,19-/m1/s1. The third-order valence-corrected chi connectivity index (χ3v) is 6.19. The Balaban J connectivity index is 1.38. The van der Waals surface area contributed by atoms with Crippen LogP contribution in [0.2, 0.25) is 0 Å². The Morgan fingerprint density at radius 2 is 1.72 bits per heavy atom. The van der Waals surface area contributed by atoms with Crippen molar-refractivity contribution in [3.8, 4) is 0 Å². The highest BCUT2D eigenvalue weighted by Gasteiger charge is 2.37. The second-order valence-corrected chi connectivity index (χ2v) is 7.86. The zero-order valence-corrected chi connectivity index (χ0v) is 15.0. The number of carbonyl (C=O) groups is 2. The molecule has 0 bridgehead atoms. The summed E-state index contributed by atoms with van der Waals surface area (Å²) in [5, 5.41) is 0. The van der Waals surface area contributed by atoms with Crippen LogP contribution in [0.5, 0.6) is 0 Å². The van der Waals surface area contributed by atoms with Gasteiger partial charge in [-0.3, -0.25) is 9.59 Å². The number of carbonyl (C=O) groups excluding carboxylic acids is 2. The van der Waals surface area contributed by atoms with Gasteiger partial charge in [-0.1, -0.05) is 24.3 Å². The molecule has 0 spiro atoms. The molecule has 2 saturated heterocycles. The van der Waals surface area contributed by atoms with Gasteiger partial charge in [0.15, 0.2) is 0 Å². The molecule has 0 aromatic heterocycles. The number of likely N-dealkylation sites (tertiary alicyclic amines) is 2. The van der Waals surface area contributed by atoms with Crippen molar-refractivity contribution in [2.24, 2.45) is 5.92 Å². The molecule has 4 rings (SSSR count). The molecule has 2 fully saturated rings. The highest BCUT2D eigenvalue weighted by Crippen LogP contribution is 2.29. The molecule has 25 heavy (non-hydrogen) atoms. The molecule has 4 nitrogen and oxygen atoms in total. The zero-order chi connectivity index (χ0) is 17.2. The Bertz CT molecular complexity index is 651. The first-order valence-corrected chi connectivity index (χ1v) is 9.87. The molecule has 1 aromatic rings. The second kappa shape index (κ2) is 7.19. The van der Waals surface area contributed by atoms with E-state index in [2.05, 4.69) is 24.3 Å². The second-order valence-electron chi connectivity index (χ2n) is 7.86.